The fraction of sp³-hybridized carbons (Fsp3) is 0.214. The van der Waals surface area contributed by atoms with E-state index < -0.39 is 0 Å². The fourth-order valence-electron chi connectivity index (χ4n) is 2.12. The van der Waals surface area contributed by atoms with Crippen LogP contribution in [0, 0.1) is 6.92 Å². The van der Waals surface area contributed by atoms with E-state index in [1.165, 1.54) is 0 Å². The van der Waals surface area contributed by atoms with Crippen molar-refractivity contribution in [3.05, 3.63) is 51.2 Å². The number of hydrogen-bond acceptors (Lipinski definition) is 4. The molecule has 0 radical (unpaired) electrons. The zero-order chi connectivity index (χ0) is 14.1. The van der Waals surface area contributed by atoms with Gasteiger partial charge < -0.3 is 9.84 Å². The Morgan fingerprint density at radius 1 is 1.45 bits per heavy atom. The number of aliphatic hydroxyl groups excluding tert-OH is 1. The van der Waals surface area contributed by atoms with E-state index in [1.807, 2.05) is 41.2 Å². The van der Waals surface area contributed by atoms with Crippen LogP contribution in [-0.4, -0.2) is 14.5 Å². The van der Waals surface area contributed by atoms with E-state index in [0.717, 1.165) is 32.0 Å². The predicted octanol–water partition coefficient (Wildman–Crippen LogP) is 3.54. The van der Waals surface area contributed by atoms with Crippen molar-refractivity contribution in [2.45, 2.75) is 20.1 Å². The molecule has 4 nitrogen and oxygen atoms in total. The van der Waals surface area contributed by atoms with Gasteiger partial charge in [0.2, 0.25) is 0 Å². The highest BCUT2D eigenvalue weighted by Gasteiger charge is 2.10. The van der Waals surface area contributed by atoms with E-state index in [-0.39, 0.29) is 6.61 Å². The van der Waals surface area contributed by atoms with Crippen LogP contribution in [0.5, 0.6) is 5.75 Å². The van der Waals surface area contributed by atoms with E-state index in [4.69, 9.17) is 4.74 Å². The Kier molecular flexibility index (Phi) is 3.78. The van der Waals surface area contributed by atoms with Gasteiger partial charge >= 0.3 is 0 Å². The van der Waals surface area contributed by atoms with E-state index in [2.05, 4.69) is 20.9 Å². The number of nitrogens with zero attached hydrogens (tertiary/aromatic N) is 2. The highest BCUT2D eigenvalue weighted by molar-refractivity contribution is 9.10. The highest BCUT2D eigenvalue weighted by Crippen LogP contribution is 2.29. The normalized spacial score (nSPS) is 11.2. The number of benzene rings is 1. The second kappa shape index (κ2) is 5.55. The molecule has 3 aromatic rings. The third-order valence-corrected chi connectivity index (χ3v) is 4.22. The van der Waals surface area contributed by atoms with Crippen molar-refractivity contribution in [3.63, 3.8) is 0 Å². The van der Waals surface area contributed by atoms with Crippen LogP contribution < -0.4 is 4.74 Å². The van der Waals surface area contributed by atoms with Crippen LogP contribution in [0.15, 0.2) is 34.4 Å². The fourth-order valence-corrected chi connectivity index (χ4v) is 3.45. The molecule has 0 aliphatic rings. The molecule has 0 unspecified atom stereocenters. The van der Waals surface area contributed by atoms with Crippen molar-refractivity contribution in [2.24, 2.45) is 0 Å². The van der Waals surface area contributed by atoms with Gasteiger partial charge in [0, 0.05) is 27.8 Å². The maximum Gasteiger partial charge on any atom is 0.193 e. The summed E-state index contributed by atoms with van der Waals surface area (Å²) >= 11 is 5.01. The Hall–Kier alpha value is -1.37. The predicted molar refractivity (Wildman–Crippen MR) is 82.2 cm³/mol. The Labute approximate surface area is 128 Å². The van der Waals surface area contributed by atoms with Crippen LogP contribution in [0.1, 0.15) is 16.8 Å². The largest absolute Gasteiger partial charge is 0.487 e. The first kappa shape index (κ1) is 13.6. The third-order valence-electron chi connectivity index (χ3n) is 2.99. The molecule has 0 atom stereocenters. The molecule has 2 heterocycles. The van der Waals surface area contributed by atoms with Crippen molar-refractivity contribution in [2.75, 3.05) is 0 Å². The minimum Gasteiger partial charge on any atom is -0.487 e. The number of aliphatic hydroxyl groups is 1. The molecule has 0 saturated heterocycles. The number of hydrogen-bond donors (Lipinski definition) is 1. The first-order valence-electron chi connectivity index (χ1n) is 6.11. The summed E-state index contributed by atoms with van der Waals surface area (Å²) in [7, 11) is 0. The van der Waals surface area contributed by atoms with Crippen LogP contribution in [0.4, 0.5) is 0 Å². The van der Waals surface area contributed by atoms with Gasteiger partial charge in [-0.05, 0) is 24.6 Å². The van der Waals surface area contributed by atoms with Gasteiger partial charge in [-0.1, -0.05) is 15.9 Å². The van der Waals surface area contributed by atoms with Gasteiger partial charge in [0.05, 0.1) is 12.3 Å². The smallest absolute Gasteiger partial charge is 0.193 e. The lowest BCUT2D eigenvalue weighted by Gasteiger charge is -2.12. The van der Waals surface area contributed by atoms with Crippen LogP contribution in [0.25, 0.3) is 4.96 Å². The number of rotatable bonds is 4. The molecule has 0 bridgehead atoms. The lowest BCUT2D eigenvalue weighted by Crippen LogP contribution is -2.01. The van der Waals surface area contributed by atoms with Crippen molar-refractivity contribution < 1.29 is 9.84 Å². The van der Waals surface area contributed by atoms with E-state index in [9.17, 15) is 5.11 Å². The van der Waals surface area contributed by atoms with Crippen molar-refractivity contribution in [3.8, 4) is 5.75 Å². The zero-order valence-electron chi connectivity index (χ0n) is 10.8. The number of aromatic nitrogens is 2. The molecule has 0 aliphatic carbocycles. The number of halogens is 1. The van der Waals surface area contributed by atoms with Gasteiger partial charge in [-0.15, -0.1) is 11.3 Å². The number of fused-ring (bicyclic) bond motifs is 1. The molecule has 1 N–H and O–H groups in total. The van der Waals surface area contributed by atoms with Crippen LogP contribution in [0.2, 0.25) is 0 Å². The summed E-state index contributed by atoms with van der Waals surface area (Å²) in [6, 6.07) is 3.84. The highest BCUT2D eigenvalue weighted by atomic mass is 79.9. The molecule has 0 fully saturated rings. The summed E-state index contributed by atoms with van der Waals surface area (Å²) in [4.78, 5) is 5.43. The maximum atomic E-state index is 9.43. The molecule has 0 aliphatic heterocycles. The second-order valence-electron chi connectivity index (χ2n) is 4.48. The summed E-state index contributed by atoms with van der Waals surface area (Å²) in [5.74, 6) is 0.729. The molecule has 104 valence electrons. The minimum atomic E-state index is -0.0477. The summed E-state index contributed by atoms with van der Waals surface area (Å²) < 4.78 is 8.76. The first-order chi connectivity index (χ1) is 9.67. The molecular formula is C14H13BrN2O2S. The number of aryl methyl sites for hydroxylation is 1. The molecule has 6 heteroatoms. The van der Waals surface area contributed by atoms with Gasteiger partial charge in [-0.3, -0.25) is 4.40 Å². The molecular weight excluding hydrogens is 340 g/mol. The molecule has 20 heavy (non-hydrogen) atoms. The number of ether oxygens (including phenoxy) is 1. The topological polar surface area (TPSA) is 46.8 Å². The lowest BCUT2D eigenvalue weighted by molar-refractivity contribution is 0.256. The van der Waals surface area contributed by atoms with Crippen molar-refractivity contribution in [1.82, 2.24) is 9.38 Å². The van der Waals surface area contributed by atoms with Crippen LogP contribution >= 0.6 is 27.3 Å². The van der Waals surface area contributed by atoms with E-state index >= 15 is 0 Å². The third kappa shape index (κ3) is 2.59. The molecule has 0 spiro atoms. The second-order valence-corrected chi connectivity index (χ2v) is 6.27. The van der Waals surface area contributed by atoms with Gasteiger partial charge in [0.1, 0.15) is 12.4 Å². The first-order valence-corrected chi connectivity index (χ1v) is 7.78. The van der Waals surface area contributed by atoms with Crippen LogP contribution in [0.3, 0.4) is 0 Å². The van der Waals surface area contributed by atoms with Gasteiger partial charge in [-0.2, -0.15) is 0 Å². The summed E-state index contributed by atoms with van der Waals surface area (Å²) in [5, 5.41) is 11.4. The Bertz CT molecular complexity index is 722. The zero-order valence-corrected chi connectivity index (χ0v) is 13.2. The van der Waals surface area contributed by atoms with Gasteiger partial charge in [-0.25, -0.2) is 4.98 Å². The van der Waals surface area contributed by atoms with E-state index in [0.29, 0.717) is 6.61 Å². The Morgan fingerprint density at radius 3 is 3.05 bits per heavy atom. The van der Waals surface area contributed by atoms with Gasteiger partial charge in [0.25, 0.3) is 0 Å². The SMILES string of the molecule is Cc1cc(Br)cc(CO)c1OCc1cn2ccsc2n1. The average molecular weight is 353 g/mol. The number of imidazole rings is 1. The van der Waals surface area contributed by atoms with Crippen molar-refractivity contribution >= 4 is 32.2 Å². The molecule has 0 saturated carbocycles. The standard InChI is InChI=1S/C14H13BrN2O2S/c1-9-4-11(15)5-10(7-18)13(9)19-8-12-6-17-2-3-20-14(17)16-12/h2-6,18H,7-8H2,1H3. The monoisotopic (exact) mass is 352 g/mol. The lowest BCUT2D eigenvalue weighted by atomic mass is 10.1. The summed E-state index contributed by atoms with van der Waals surface area (Å²) in [6.07, 6.45) is 3.93. The minimum absolute atomic E-state index is 0.0477. The average Bonchev–Trinajstić information content (AvgIpc) is 2.97. The van der Waals surface area contributed by atoms with Crippen LogP contribution in [-0.2, 0) is 13.2 Å². The summed E-state index contributed by atoms with van der Waals surface area (Å²) in [5.41, 5.74) is 2.64. The number of thiazole rings is 1. The Balaban J connectivity index is 1.82. The quantitative estimate of drug-likeness (QED) is 0.781. The molecule has 3 rings (SSSR count). The summed E-state index contributed by atoms with van der Waals surface area (Å²) in [6.45, 7) is 2.31. The molecule has 1 aromatic carbocycles. The Morgan fingerprint density at radius 2 is 2.30 bits per heavy atom. The maximum absolute atomic E-state index is 9.43. The van der Waals surface area contributed by atoms with Gasteiger partial charge in [0.15, 0.2) is 4.96 Å². The van der Waals surface area contributed by atoms with E-state index in [1.54, 1.807) is 11.3 Å². The molecule has 0 amide bonds. The van der Waals surface area contributed by atoms with Crippen molar-refractivity contribution in [1.29, 1.82) is 0 Å². The molecule has 2 aromatic heterocycles.